The van der Waals surface area contributed by atoms with Crippen LogP contribution in [-0.2, 0) is 26.2 Å². The molecule has 0 radical (unpaired) electrons. The zero-order valence-electron chi connectivity index (χ0n) is 20.8. The Morgan fingerprint density at radius 2 is 1.74 bits per heavy atom. The number of hydrogen-bond acceptors (Lipinski definition) is 4. The van der Waals surface area contributed by atoms with E-state index in [-0.39, 0.29) is 18.5 Å². The third-order valence-corrected chi connectivity index (χ3v) is 8.61. The second-order valence-electron chi connectivity index (χ2n) is 9.32. The molecular weight excluding hydrogens is 530 g/mol. The number of nitrogens with one attached hydrogen (secondary N) is 1. The normalized spacial score (nSPS) is 15.0. The molecule has 7 nitrogen and oxygen atoms in total. The van der Waals surface area contributed by atoms with E-state index in [0.717, 1.165) is 57.4 Å². The van der Waals surface area contributed by atoms with E-state index in [1.54, 1.807) is 25.1 Å². The van der Waals surface area contributed by atoms with Crippen LogP contribution in [0.4, 0.5) is 5.69 Å². The van der Waals surface area contributed by atoms with Gasteiger partial charge in [-0.3, -0.25) is 13.9 Å². The van der Waals surface area contributed by atoms with E-state index >= 15 is 0 Å². The highest BCUT2D eigenvalue weighted by Gasteiger charge is 2.31. The number of anilines is 1. The van der Waals surface area contributed by atoms with Crippen molar-refractivity contribution in [1.82, 2.24) is 10.2 Å². The van der Waals surface area contributed by atoms with Crippen LogP contribution in [-0.4, -0.2) is 50.0 Å². The molecule has 35 heavy (non-hydrogen) atoms. The summed E-state index contributed by atoms with van der Waals surface area (Å²) in [5.41, 5.74) is 3.16. The van der Waals surface area contributed by atoms with Crippen LogP contribution in [0.25, 0.3) is 0 Å². The Balaban J connectivity index is 1.90. The number of amides is 2. The molecule has 0 saturated heterocycles. The van der Waals surface area contributed by atoms with Crippen molar-refractivity contribution in [2.45, 2.75) is 65.1 Å². The maximum Gasteiger partial charge on any atom is 0.244 e. The van der Waals surface area contributed by atoms with Crippen LogP contribution < -0.4 is 9.62 Å². The highest BCUT2D eigenvalue weighted by molar-refractivity contribution is 9.10. The molecular formula is C26H34BrN3O4S. The maximum atomic E-state index is 13.7. The molecule has 3 rings (SSSR count). The summed E-state index contributed by atoms with van der Waals surface area (Å²) in [5, 5.41) is 3.07. The van der Waals surface area contributed by atoms with Crippen LogP contribution in [0.5, 0.6) is 0 Å². The molecule has 1 aliphatic carbocycles. The lowest BCUT2D eigenvalue weighted by atomic mass is 10.1. The van der Waals surface area contributed by atoms with Crippen LogP contribution >= 0.6 is 15.9 Å². The summed E-state index contributed by atoms with van der Waals surface area (Å²) in [6.45, 7) is 5.33. The first kappa shape index (κ1) is 27.2. The van der Waals surface area contributed by atoms with Crippen molar-refractivity contribution in [1.29, 1.82) is 0 Å². The second-order valence-corrected chi connectivity index (χ2v) is 12.1. The molecule has 1 N–H and O–H groups in total. The zero-order valence-corrected chi connectivity index (χ0v) is 23.2. The topological polar surface area (TPSA) is 86.8 Å². The predicted molar refractivity (Wildman–Crippen MR) is 143 cm³/mol. The predicted octanol–water partition coefficient (Wildman–Crippen LogP) is 4.31. The van der Waals surface area contributed by atoms with Gasteiger partial charge >= 0.3 is 0 Å². The minimum Gasteiger partial charge on any atom is -0.352 e. The van der Waals surface area contributed by atoms with Crippen LogP contribution in [0.15, 0.2) is 46.9 Å². The number of benzene rings is 2. The lowest BCUT2D eigenvalue weighted by Gasteiger charge is -2.32. The minimum absolute atomic E-state index is 0.124. The third kappa shape index (κ3) is 7.07. The van der Waals surface area contributed by atoms with Crippen molar-refractivity contribution in [3.05, 3.63) is 63.6 Å². The first-order chi connectivity index (χ1) is 16.5. The Bertz CT molecular complexity index is 1180. The van der Waals surface area contributed by atoms with Gasteiger partial charge in [-0.1, -0.05) is 53.0 Å². The molecule has 0 unspecified atom stereocenters. The van der Waals surface area contributed by atoms with Crippen LogP contribution in [0.3, 0.4) is 0 Å². The molecule has 1 atom stereocenters. The molecule has 190 valence electrons. The average molecular weight is 565 g/mol. The van der Waals surface area contributed by atoms with E-state index < -0.39 is 28.5 Å². The van der Waals surface area contributed by atoms with Gasteiger partial charge in [-0.2, -0.15) is 0 Å². The van der Waals surface area contributed by atoms with Crippen molar-refractivity contribution in [3.63, 3.8) is 0 Å². The molecule has 9 heteroatoms. The van der Waals surface area contributed by atoms with Gasteiger partial charge in [0.05, 0.1) is 11.9 Å². The van der Waals surface area contributed by atoms with Gasteiger partial charge in [-0.15, -0.1) is 0 Å². The van der Waals surface area contributed by atoms with Gasteiger partial charge in [0.2, 0.25) is 21.8 Å². The number of rotatable bonds is 9. The maximum absolute atomic E-state index is 13.7. The summed E-state index contributed by atoms with van der Waals surface area (Å²) < 4.78 is 27.3. The van der Waals surface area contributed by atoms with Crippen LogP contribution in [0.2, 0.25) is 0 Å². The standard InChI is InChI=1S/C26H34BrN3O4S/c1-18-9-5-6-10-21(18)16-29(20(3)26(32)28-22-11-7-8-12-22)25(31)17-30(35(4,33)34)23-13-14-24(27)19(2)15-23/h5-6,9-10,13-15,20,22H,7-8,11-12,16-17H2,1-4H3,(H,28,32)/t20-/m1/s1. The van der Waals surface area contributed by atoms with Gasteiger partial charge in [-0.05, 0) is 68.5 Å². The summed E-state index contributed by atoms with van der Waals surface area (Å²) in [6, 6.07) is 12.2. The average Bonchev–Trinajstić information content (AvgIpc) is 3.30. The largest absolute Gasteiger partial charge is 0.352 e. The summed E-state index contributed by atoms with van der Waals surface area (Å²) in [5.74, 6) is -0.655. The Hall–Kier alpha value is -2.39. The second kappa shape index (κ2) is 11.6. The van der Waals surface area contributed by atoms with Gasteiger partial charge in [0.1, 0.15) is 12.6 Å². The van der Waals surface area contributed by atoms with Crippen molar-refractivity contribution in [2.24, 2.45) is 0 Å². The van der Waals surface area contributed by atoms with E-state index in [4.69, 9.17) is 0 Å². The molecule has 0 aromatic heterocycles. The Labute approximate surface area is 217 Å². The quantitative estimate of drug-likeness (QED) is 0.492. The van der Waals surface area contributed by atoms with Crippen LogP contribution in [0.1, 0.15) is 49.3 Å². The number of carbonyl (C=O) groups is 2. The fourth-order valence-electron chi connectivity index (χ4n) is 4.34. The highest BCUT2D eigenvalue weighted by Crippen LogP contribution is 2.25. The fraction of sp³-hybridized carbons (Fsp3) is 0.462. The molecule has 0 aliphatic heterocycles. The van der Waals surface area contributed by atoms with E-state index in [9.17, 15) is 18.0 Å². The Kier molecular flexibility index (Phi) is 8.99. The summed E-state index contributed by atoms with van der Waals surface area (Å²) in [4.78, 5) is 28.3. The molecule has 0 bridgehead atoms. The lowest BCUT2D eigenvalue weighted by Crippen LogP contribution is -2.52. The SMILES string of the molecule is Cc1cc(N(CC(=O)N(Cc2ccccc2C)[C@H](C)C(=O)NC2CCCC2)S(C)(=O)=O)ccc1Br. The number of nitrogens with zero attached hydrogens (tertiary/aromatic N) is 2. The molecule has 1 fully saturated rings. The van der Waals surface area contributed by atoms with Crippen molar-refractivity contribution >= 4 is 43.5 Å². The van der Waals surface area contributed by atoms with Gasteiger partial charge in [0, 0.05) is 17.1 Å². The molecule has 0 heterocycles. The molecule has 2 aromatic rings. The molecule has 0 spiro atoms. The van der Waals surface area contributed by atoms with Gasteiger partial charge < -0.3 is 10.2 Å². The number of carbonyl (C=O) groups excluding carboxylic acids is 2. The van der Waals surface area contributed by atoms with E-state index in [1.165, 1.54) is 4.90 Å². The number of hydrogen-bond donors (Lipinski definition) is 1. The van der Waals surface area contributed by atoms with E-state index in [2.05, 4.69) is 21.2 Å². The Morgan fingerprint density at radius 1 is 1.09 bits per heavy atom. The molecule has 2 aromatic carbocycles. The monoisotopic (exact) mass is 563 g/mol. The highest BCUT2D eigenvalue weighted by atomic mass is 79.9. The Morgan fingerprint density at radius 3 is 2.34 bits per heavy atom. The van der Waals surface area contributed by atoms with Gasteiger partial charge in [0.25, 0.3) is 0 Å². The molecule has 1 saturated carbocycles. The van der Waals surface area contributed by atoms with E-state index in [1.807, 2.05) is 38.1 Å². The van der Waals surface area contributed by atoms with Crippen molar-refractivity contribution < 1.29 is 18.0 Å². The molecule has 2 amide bonds. The smallest absolute Gasteiger partial charge is 0.244 e. The fourth-order valence-corrected chi connectivity index (χ4v) is 5.43. The summed E-state index contributed by atoms with van der Waals surface area (Å²) in [7, 11) is -3.75. The first-order valence-electron chi connectivity index (χ1n) is 11.9. The van der Waals surface area contributed by atoms with Crippen molar-refractivity contribution in [3.8, 4) is 0 Å². The summed E-state index contributed by atoms with van der Waals surface area (Å²) >= 11 is 3.43. The van der Waals surface area contributed by atoms with Gasteiger partial charge in [0.15, 0.2) is 0 Å². The number of sulfonamides is 1. The lowest BCUT2D eigenvalue weighted by molar-refractivity contribution is -0.139. The first-order valence-corrected chi connectivity index (χ1v) is 14.5. The minimum atomic E-state index is -3.75. The van der Waals surface area contributed by atoms with E-state index in [0.29, 0.717) is 5.69 Å². The van der Waals surface area contributed by atoms with Crippen LogP contribution in [0, 0.1) is 13.8 Å². The zero-order chi connectivity index (χ0) is 25.8. The van der Waals surface area contributed by atoms with Gasteiger partial charge in [-0.25, -0.2) is 8.42 Å². The molecule has 1 aliphatic rings. The van der Waals surface area contributed by atoms with Crippen molar-refractivity contribution in [2.75, 3.05) is 17.1 Å². The third-order valence-electron chi connectivity index (χ3n) is 6.58. The number of halogens is 1. The summed E-state index contributed by atoms with van der Waals surface area (Å²) in [6.07, 6.45) is 5.13. The number of aryl methyl sites for hydroxylation is 2.